The van der Waals surface area contributed by atoms with Crippen LogP contribution in [-0.2, 0) is 14.8 Å². The van der Waals surface area contributed by atoms with Crippen LogP contribution in [0.5, 0.6) is 0 Å². The van der Waals surface area contributed by atoms with Crippen molar-refractivity contribution in [3.05, 3.63) is 24.2 Å². The van der Waals surface area contributed by atoms with Gasteiger partial charge >= 0.3 is 0 Å². The van der Waals surface area contributed by atoms with Crippen LogP contribution >= 0.6 is 0 Å². The van der Waals surface area contributed by atoms with E-state index < -0.39 is 10.0 Å². The molecule has 0 aromatic carbocycles. The Kier molecular flexibility index (Phi) is 4.98. The van der Waals surface area contributed by atoms with Crippen molar-refractivity contribution in [3.8, 4) is 0 Å². The first-order chi connectivity index (χ1) is 9.12. The van der Waals surface area contributed by atoms with Gasteiger partial charge in [-0.05, 0) is 19.1 Å². The van der Waals surface area contributed by atoms with Crippen LogP contribution < -0.4 is 4.72 Å². The summed E-state index contributed by atoms with van der Waals surface area (Å²) in [4.78, 5) is 2.18. The first-order valence-electron chi connectivity index (χ1n) is 6.45. The zero-order valence-electron chi connectivity index (χ0n) is 11.0. The lowest BCUT2D eigenvalue weighted by Crippen LogP contribution is -2.43. The standard InChI is InChI=1S/C12H20N2O4S/c1-2-19(15,16)13-10-11(12-4-3-7-18-12)14-5-8-17-9-6-14/h3-4,7,11,13H,2,5-6,8-10H2,1H3. The molecule has 1 aliphatic rings. The minimum Gasteiger partial charge on any atom is -0.468 e. The Morgan fingerprint density at radius 2 is 2.16 bits per heavy atom. The normalized spacial score (nSPS) is 19.4. The van der Waals surface area contributed by atoms with E-state index in [1.807, 2.05) is 12.1 Å². The van der Waals surface area contributed by atoms with Gasteiger partial charge in [0.25, 0.3) is 0 Å². The SMILES string of the molecule is CCS(=O)(=O)NCC(c1ccco1)N1CCOCC1. The third-order valence-corrected chi connectivity index (χ3v) is 4.60. The summed E-state index contributed by atoms with van der Waals surface area (Å²) in [5.74, 6) is 0.863. The zero-order valence-corrected chi connectivity index (χ0v) is 11.9. The van der Waals surface area contributed by atoms with Gasteiger partial charge in [-0.15, -0.1) is 0 Å². The molecule has 0 saturated carbocycles. The highest BCUT2D eigenvalue weighted by Gasteiger charge is 2.25. The molecule has 1 atom stereocenters. The van der Waals surface area contributed by atoms with E-state index in [9.17, 15) is 8.42 Å². The van der Waals surface area contributed by atoms with Crippen molar-refractivity contribution in [1.29, 1.82) is 0 Å². The summed E-state index contributed by atoms with van der Waals surface area (Å²) in [6.07, 6.45) is 1.61. The molecule has 1 aliphatic heterocycles. The average molecular weight is 288 g/mol. The molecule has 19 heavy (non-hydrogen) atoms. The highest BCUT2D eigenvalue weighted by molar-refractivity contribution is 7.89. The van der Waals surface area contributed by atoms with Crippen molar-refractivity contribution in [3.63, 3.8) is 0 Å². The Morgan fingerprint density at radius 3 is 2.74 bits per heavy atom. The summed E-state index contributed by atoms with van der Waals surface area (Å²) >= 11 is 0. The molecule has 1 unspecified atom stereocenters. The van der Waals surface area contributed by atoms with Gasteiger partial charge in [-0.1, -0.05) is 0 Å². The summed E-state index contributed by atoms with van der Waals surface area (Å²) in [5, 5.41) is 0. The number of nitrogens with one attached hydrogen (secondary N) is 1. The van der Waals surface area contributed by atoms with Gasteiger partial charge in [0, 0.05) is 19.6 Å². The molecular weight excluding hydrogens is 268 g/mol. The fourth-order valence-electron chi connectivity index (χ4n) is 2.09. The van der Waals surface area contributed by atoms with E-state index in [0.717, 1.165) is 18.8 Å². The monoisotopic (exact) mass is 288 g/mol. The molecule has 2 rings (SSSR count). The molecule has 108 valence electrons. The highest BCUT2D eigenvalue weighted by atomic mass is 32.2. The van der Waals surface area contributed by atoms with Crippen molar-refractivity contribution in [1.82, 2.24) is 9.62 Å². The third kappa shape index (κ3) is 4.04. The Hall–Kier alpha value is -0.890. The molecule has 0 aliphatic carbocycles. The number of hydrogen-bond acceptors (Lipinski definition) is 5. The smallest absolute Gasteiger partial charge is 0.211 e. The van der Waals surface area contributed by atoms with E-state index in [2.05, 4.69) is 9.62 Å². The van der Waals surface area contributed by atoms with E-state index in [-0.39, 0.29) is 11.8 Å². The molecule has 2 heterocycles. The van der Waals surface area contributed by atoms with Crippen LogP contribution in [0.2, 0.25) is 0 Å². The first-order valence-corrected chi connectivity index (χ1v) is 8.10. The first kappa shape index (κ1) is 14.5. The van der Waals surface area contributed by atoms with Crippen molar-refractivity contribution in [2.45, 2.75) is 13.0 Å². The van der Waals surface area contributed by atoms with E-state index in [0.29, 0.717) is 19.8 Å². The Balaban J connectivity index is 2.06. The molecule has 1 fully saturated rings. The molecule has 1 saturated heterocycles. The molecular formula is C12H20N2O4S. The van der Waals surface area contributed by atoms with Crippen LogP contribution in [-0.4, -0.2) is 51.9 Å². The summed E-state index contributed by atoms with van der Waals surface area (Å²) in [6, 6.07) is 3.61. The minimum atomic E-state index is -3.19. The zero-order chi connectivity index (χ0) is 13.7. The third-order valence-electron chi connectivity index (χ3n) is 3.23. The maximum absolute atomic E-state index is 11.6. The molecule has 7 heteroatoms. The van der Waals surface area contributed by atoms with Crippen LogP contribution in [0.15, 0.2) is 22.8 Å². The molecule has 0 amide bonds. The largest absolute Gasteiger partial charge is 0.468 e. The van der Waals surface area contributed by atoms with Gasteiger partial charge in [0.15, 0.2) is 0 Å². The average Bonchev–Trinajstić information content (AvgIpc) is 2.94. The lowest BCUT2D eigenvalue weighted by molar-refractivity contribution is 0.0128. The Bertz CT molecular complexity index is 466. The second-order valence-corrected chi connectivity index (χ2v) is 6.53. The number of rotatable bonds is 6. The molecule has 0 radical (unpaired) electrons. The van der Waals surface area contributed by atoms with E-state index >= 15 is 0 Å². The Labute approximate surface area is 113 Å². The maximum atomic E-state index is 11.6. The fraction of sp³-hybridized carbons (Fsp3) is 0.667. The van der Waals surface area contributed by atoms with Gasteiger partial charge in [0.05, 0.1) is 31.3 Å². The highest BCUT2D eigenvalue weighted by Crippen LogP contribution is 2.21. The lowest BCUT2D eigenvalue weighted by atomic mass is 10.2. The van der Waals surface area contributed by atoms with Gasteiger partial charge in [0.2, 0.25) is 10.0 Å². The van der Waals surface area contributed by atoms with Crippen molar-refractivity contribution in [2.24, 2.45) is 0 Å². The summed E-state index contributed by atoms with van der Waals surface area (Å²) in [5.41, 5.74) is 0. The number of nitrogens with zero attached hydrogens (tertiary/aromatic N) is 1. The molecule has 0 bridgehead atoms. The van der Waals surface area contributed by atoms with Gasteiger partial charge in [-0.3, -0.25) is 4.90 Å². The topological polar surface area (TPSA) is 71.8 Å². The quantitative estimate of drug-likeness (QED) is 0.829. The molecule has 1 N–H and O–H groups in total. The number of morpholine rings is 1. The number of furan rings is 1. The predicted octanol–water partition coefficient (Wildman–Crippen LogP) is 0.592. The van der Waals surface area contributed by atoms with Crippen LogP contribution in [0.25, 0.3) is 0 Å². The molecule has 0 spiro atoms. The molecule has 1 aromatic heterocycles. The number of sulfonamides is 1. The second kappa shape index (κ2) is 6.51. The van der Waals surface area contributed by atoms with Crippen LogP contribution in [0, 0.1) is 0 Å². The minimum absolute atomic E-state index is 0.0831. The van der Waals surface area contributed by atoms with Crippen molar-refractivity contribution >= 4 is 10.0 Å². The number of hydrogen-bond donors (Lipinski definition) is 1. The van der Waals surface area contributed by atoms with Crippen LogP contribution in [0.4, 0.5) is 0 Å². The van der Waals surface area contributed by atoms with Gasteiger partial charge < -0.3 is 9.15 Å². The fourth-order valence-corrected chi connectivity index (χ4v) is 2.70. The molecule has 6 nitrogen and oxygen atoms in total. The summed E-state index contributed by atoms with van der Waals surface area (Å²) in [7, 11) is -3.19. The van der Waals surface area contributed by atoms with Crippen molar-refractivity contribution in [2.75, 3.05) is 38.6 Å². The van der Waals surface area contributed by atoms with Gasteiger partial charge in [-0.25, -0.2) is 13.1 Å². The van der Waals surface area contributed by atoms with Gasteiger partial charge in [-0.2, -0.15) is 0 Å². The summed E-state index contributed by atoms with van der Waals surface area (Å²) in [6.45, 7) is 4.83. The second-order valence-electron chi connectivity index (χ2n) is 4.43. The van der Waals surface area contributed by atoms with Crippen LogP contribution in [0.1, 0.15) is 18.7 Å². The predicted molar refractivity (Wildman–Crippen MR) is 71.3 cm³/mol. The Morgan fingerprint density at radius 1 is 1.42 bits per heavy atom. The van der Waals surface area contributed by atoms with E-state index in [4.69, 9.17) is 9.15 Å². The lowest BCUT2D eigenvalue weighted by Gasteiger charge is -2.33. The number of ether oxygens (including phenoxy) is 1. The van der Waals surface area contributed by atoms with Crippen LogP contribution in [0.3, 0.4) is 0 Å². The molecule has 1 aromatic rings. The van der Waals surface area contributed by atoms with Crippen molar-refractivity contribution < 1.29 is 17.6 Å². The van der Waals surface area contributed by atoms with Gasteiger partial charge in [0.1, 0.15) is 5.76 Å². The maximum Gasteiger partial charge on any atom is 0.211 e. The van der Waals surface area contributed by atoms with E-state index in [1.165, 1.54) is 0 Å². The van der Waals surface area contributed by atoms with E-state index in [1.54, 1.807) is 13.2 Å². The summed E-state index contributed by atoms with van der Waals surface area (Å²) < 4.78 is 36.5.